The van der Waals surface area contributed by atoms with Crippen LogP contribution in [0.4, 0.5) is 11.4 Å². The highest BCUT2D eigenvalue weighted by molar-refractivity contribution is 6.04. The summed E-state index contributed by atoms with van der Waals surface area (Å²) in [5, 5.41) is 13.5. The molecule has 0 atom stereocenters. The highest BCUT2D eigenvalue weighted by Gasteiger charge is 2.12. The number of hydrogen-bond acceptors (Lipinski definition) is 6. The summed E-state index contributed by atoms with van der Waals surface area (Å²) in [6.45, 7) is 2.34. The summed E-state index contributed by atoms with van der Waals surface area (Å²) in [5.74, 6) is -0.141. The topological polar surface area (TPSA) is 116 Å². The van der Waals surface area contributed by atoms with E-state index in [0.29, 0.717) is 18.0 Å². The van der Waals surface area contributed by atoms with E-state index in [0.717, 1.165) is 0 Å². The Hall–Kier alpha value is -4.01. The van der Waals surface area contributed by atoms with E-state index in [2.05, 4.69) is 10.3 Å². The van der Waals surface area contributed by atoms with Crippen molar-refractivity contribution in [3.63, 3.8) is 0 Å². The van der Waals surface area contributed by atoms with Gasteiger partial charge in [0.1, 0.15) is 5.75 Å². The Labute approximate surface area is 159 Å². The number of aromatic nitrogens is 2. The van der Waals surface area contributed by atoms with Gasteiger partial charge in [0, 0.05) is 42.3 Å². The number of ether oxygens (including phenoxy) is 1. The molecule has 0 aliphatic rings. The van der Waals surface area contributed by atoms with Crippen molar-refractivity contribution >= 4 is 17.3 Å². The quantitative estimate of drug-likeness (QED) is 0.518. The second-order valence-electron chi connectivity index (χ2n) is 5.71. The summed E-state index contributed by atoms with van der Waals surface area (Å²) in [5.41, 5.74) is 0.136. The minimum absolute atomic E-state index is 0.0438. The molecular formula is C19H16N4O5. The normalized spacial score (nSPS) is 10.3. The number of amides is 1. The van der Waals surface area contributed by atoms with Crippen LogP contribution in [0.5, 0.6) is 11.6 Å². The monoisotopic (exact) mass is 380 g/mol. The van der Waals surface area contributed by atoms with E-state index < -0.39 is 10.8 Å². The van der Waals surface area contributed by atoms with E-state index in [-0.39, 0.29) is 22.7 Å². The van der Waals surface area contributed by atoms with Crippen molar-refractivity contribution in [2.75, 3.05) is 5.32 Å². The second-order valence-corrected chi connectivity index (χ2v) is 5.71. The highest BCUT2D eigenvalue weighted by Crippen LogP contribution is 2.20. The van der Waals surface area contributed by atoms with E-state index in [1.165, 1.54) is 35.0 Å². The fourth-order valence-electron chi connectivity index (χ4n) is 2.43. The van der Waals surface area contributed by atoms with Crippen molar-refractivity contribution in [1.82, 2.24) is 9.55 Å². The predicted molar refractivity (Wildman–Crippen MR) is 102 cm³/mol. The van der Waals surface area contributed by atoms with E-state index in [1.54, 1.807) is 30.5 Å². The summed E-state index contributed by atoms with van der Waals surface area (Å²) in [7, 11) is 0. The molecule has 9 heteroatoms. The van der Waals surface area contributed by atoms with Gasteiger partial charge in [-0.3, -0.25) is 19.7 Å². The van der Waals surface area contributed by atoms with Gasteiger partial charge in [0.05, 0.1) is 4.92 Å². The average molecular weight is 380 g/mol. The molecule has 0 aliphatic heterocycles. The number of non-ortho nitro benzene ring substituents is 1. The van der Waals surface area contributed by atoms with Crippen LogP contribution in [0, 0.1) is 10.1 Å². The van der Waals surface area contributed by atoms with Crippen molar-refractivity contribution in [3.8, 4) is 11.6 Å². The lowest BCUT2D eigenvalue weighted by Crippen LogP contribution is -2.20. The third kappa shape index (κ3) is 4.21. The maximum atomic E-state index is 12.3. The number of aryl methyl sites for hydroxylation is 1. The minimum Gasteiger partial charge on any atom is -0.435 e. The van der Waals surface area contributed by atoms with Crippen molar-refractivity contribution < 1.29 is 14.5 Å². The van der Waals surface area contributed by atoms with Crippen LogP contribution in [-0.4, -0.2) is 20.4 Å². The maximum absolute atomic E-state index is 12.3. The van der Waals surface area contributed by atoms with Gasteiger partial charge in [-0.2, -0.15) is 0 Å². The standard InChI is InChI=1S/C19H16N4O5/c1-2-22-11-10-20-18(19(22)25)28-16-8-6-14(7-9-16)21-17(24)13-4-3-5-15(12-13)23(26)27/h3-12H,2H2,1H3,(H,21,24). The zero-order valence-electron chi connectivity index (χ0n) is 14.9. The van der Waals surface area contributed by atoms with Crippen molar-refractivity contribution in [3.05, 3.63) is 87.0 Å². The molecule has 2 aromatic carbocycles. The first-order valence-electron chi connectivity index (χ1n) is 8.37. The summed E-state index contributed by atoms with van der Waals surface area (Å²) >= 11 is 0. The van der Waals surface area contributed by atoms with Crippen molar-refractivity contribution in [2.45, 2.75) is 13.5 Å². The Morgan fingerprint density at radius 3 is 2.68 bits per heavy atom. The van der Waals surface area contributed by atoms with E-state index in [1.807, 2.05) is 6.92 Å². The number of nitrogens with zero attached hydrogens (tertiary/aromatic N) is 3. The van der Waals surface area contributed by atoms with Gasteiger partial charge in [0.25, 0.3) is 17.5 Å². The van der Waals surface area contributed by atoms with Gasteiger partial charge >= 0.3 is 5.56 Å². The predicted octanol–water partition coefficient (Wildman–Crippen LogP) is 3.22. The smallest absolute Gasteiger partial charge is 0.313 e. The number of benzene rings is 2. The fourth-order valence-corrected chi connectivity index (χ4v) is 2.43. The number of nitro groups is 1. The Balaban J connectivity index is 1.71. The molecule has 0 radical (unpaired) electrons. The van der Waals surface area contributed by atoms with Crippen LogP contribution < -0.4 is 15.6 Å². The van der Waals surface area contributed by atoms with Gasteiger partial charge in [0.15, 0.2) is 0 Å². The van der Waals surface area contributed by atoms with Gasteiger partial charge in [0.2, 0.25) is 0 Å². The Morgan fingerprint density at radius 2 is 2.00 bits per heavy atom. The molecule has 1 N–H and O–H groups in total. The number of anilines is 1. The van der Waals surface area contributed by atoms with Crippen LogP contribution in [0.25, 0.3) is 0 Å². The largest absolute Gasteiger partial charge is 0.435 e. The average Bonchev–Trinajstić information content (AvgIpc) is 2.71. The molecule has 28 heavy (non-hydrogen) atoms. The lowest BCUT2D eigenvalue weighted by Gasteiger charge is -2.08. The van der Waals surface area contributed by atoms with Crippen molar-refractivity contribution in [2.24, 2.45) is 0 Å². The van der Waals surface area contributed by atoms with E-state index in [9.17, 15) is 19.7 Å². The SMILES string of the molecule is CCn1ccnc(Oc2ccc(NC(=O)c3cccc([N+](=O)[O-])c3)cc2)c1=O. The first kappa shape index (κ1) is 18.8. The van der Waals surface area contributed by atoms with Gasteiger partial charge in [-0.25, -0.2) is 4.98 Å². The maximum Gasteiger partial charge on any atom is 0.313 e. The number of nitro benzene ring substituents is 1. The van der Waals surface area contributed by atoms with Crippen LogP contribution in [0.15, 0.2) is 65.7 Å². The molecule has 1 aromatic heterocycles. The molecule has 3 aromatic rings. The van der Waals surface area contributed by atoms with Crippen molar-refractivity contribution in [1.29, 1.82) is 0 Å². The third-order valence-corrected chi connectivity index (χ3v) is 3.87. The summed E-state index contributed by atoms with van der Waals surface area (Å²) < 4.78 is 6.97. The Morgan fingerprint density at radius 1 is 1.25 bits per heavy atom. The molecule has 0 saturated heterocycles. The molecule has 0 bridgehead atoms. The number of carbonyl (C=O) groups excluding carboxylic acids is 1. The van der Waals surface area contributed by atoms with Gasteiger partial charge in [-0.05, 0) is 37.3 Å². The molecule has 1 amide bonds. The zero-order chi connectivity index (χ0) is 20.1. The number of rotatable bonds is 6. The Kier molecular flexibility index (Phi) is 5.45. The van der Waals surface area contributed by atoms with E-state index >= 15 is 0 Å². The molecule has 0 fully saturated rings. The first-order valence-corrected chi connectivity index (χ1v) is 8.37. The van der Waals surface area contributed by atoms with Crippen LogP contribution in [0.1, 0.15) is 17.3 Å². The molecule has 0 spiro atoms. The van der Waals surface area contributed by atoms with Gasteiger partial charge < -0.3 is 14.6 Å². The van der Waals surface area contributed by atoms with E-state index in [4.69, 9.17) is 4.74 Å². The first-order chi connectivity index (χ1) is 13.5. The number of carbonyl (C=O) groups is 1. The molecular weight excluding hydrogens is 364 g/mol. The fraction of sp³-hybridized carbons (Fsp3) is 0.105. The highest BCUT2D eigenvalue weighted by atomic mass is 16.6. The van der Waals surface area contributed by atoms with Gasteiger partial charge in [-0.1, -0.05) is 6.07 Å². The minimum atomic E-state index is -0.562. The molecule has 1 heterocycles. The molecule has 0 aliphatic carbocycles. The van der Waals surface area contributed by atoms with Gasteiger partial charge in [-0.15, -0.1) is 0 Å². The lowest BCUT2D eigenvalue weighted by atomic mass is 10.2. The second kappa shape index (κ2) is 8.12. The van der Waals surface area contributed by atoms with Crippen LogP contribution in [0.2, 0.25) is 0 Å². The van der Waals surface area contributed by atoms with Crippen LogP contribution in [-0.2, 0) is 6.54 Å². The Bertz CT molecular complexity index is 1080. The third-order valence-electron chi connectivity index (χ3n) is 3.87. The van der Waals surface area contributed by atoms with Crippen LogP contribution in [0.3, 0.4) is 0 Å². The molecule has 0 unspecified atom stereocenters. The molecule has 9 nitrogen and oxygen atoms in total. The summed E-state index contributed by atoms with van der Waals surface area (Å²) in [4.78, 5) is 38.6. The van der Waals surface area contributed by atoms with Crippen LogP contribution >= 0.6 is 0 Å². The molecule has 3 rings (SSSR count). The number of nitrogens with one attached hydrogen (secondary N) is 1. The zero-order valence-corrected chi connectivity index (χ0v) is 14.9. The number of hydrogen-bond donors (Lipinski definition) is 1. The lowest BCUT2D eigenvalue weighted by molar-refractivity contribution is -0.384. The summed E-state index contributed by atoms with van der Waals surface area (Å²) in [6.07, 6.45) is 3.05. The summed E-state index contributed by atoms with van der Waals surface area (Å²) in [6, 6.07) is 11.8. The molecule has 142 valence electrons. The molecule has 0 saturated carbocycles.